The first kappa shape index (κ1) is 17.9. The molecular formula is C18H25N5OS. The van der Waals surface area contributed by atoms with Crippen LogP contribution in [0.3, 0.4) is 0 Å². The van der Waals surface area contributed by atoms with Gasteiger partial charge in [-0.1, -0.05) is 54.9 Å². The molecule has 1 unspecified atom stereocenters. The molecule has 0 spiro atoms. The molecule has 2 aromatic rings. The van der Waals surface area contributed by atoms with Crippen LogP contribution in [-0.4, -0.2) is 37.9 Å². The predicted octanol–water partition coefficient (Wildman–Crippen LogP) is 3.02. The summed E-state index contributed by atoms with van der Waals surface area (Å²) in [5, 5.41) is 15.8. The van der Waals surface area contributed by atoms with Crippen LogP contribution < -0.4 is 5.32 Å². The van der Waals surface area contributed by atoms with E-state index in [0.29, 0.717) is 11.8 Å². The van der Waals surface area contributed by atoms with Crippen LogP contribution in [0.2, 0.25) is 0 Å². The average Bonchev–Trinajstić information content (AvgIpc) is 3.30. The maximum atomic E-state index is 12.2. The summed E-state index contributed by atoms with van der Waals surface area (Å²) >= 11 is 1.42. The Morgan fingerprint density at radius 2 is 2.08 bits per heavy atom. The number of hydrogen-bond acceptors (Lipinski definition) is 5. The van der Waals surface area contributed by atoms with Gasteiger partial charge in [-0.05, 0) is 48.6 Å². The van der Waals surface area contributed by atoms with E-state index in [0.717, 1.165) is 30.8 Å². The standard InChI is InChI=1S/C18H25N5OS/c1-14(11-12-15-7-3-2-4-8-15)19-17(24)13-25-18-20-21-22-23(18)16-9-5-6-10-16/h2-4,7-8,14,16H,5-6,9-13H2,1H3,(H,19,24). The van der Waals surface area contributed by atoms with Gasteiger partial charge < -0.3 is 5.32 Å². The molecule has 1 saturated carbocycles. The maximum absolute atomic E-state index is 12.2. The number of carbonyl (C=O) groups is 1. The maximum Gasteiger partial charge on any atom is 0.230 e. The van der Waals surface area contributed by atoms with Crippen molar-refractivity contribution in [3.05, 3.63) is 35.9 Å². The molecule has 3 rings (SSSR count). The van der Waals surface area contributed by atoms with E-state index in [2.05, 4.69) is 33.0 Å². The lowest BCUT2D eigenvalue weighted by atomic mass is 10.1. The van der Waals surface area contributed by atoms with Crippen LogP contribution in [0, 0.1) is 0 Å². The molecule has 0 aliphatic heterocycles. The van der Waals surface area contributed by atoms with Crippen molar-refractivity contribution in [2.24, 2.45) is 0 Å². The minimum atomic E-state index is 0.0338. The average molecular weight is 359 g/mol. The van der Waals surface area contributed by atoms with Crippen molar-refractivity contribution in [1.82, 2.24) is 25.5 Å². The summed E-state index contributed by atoms with van der Waals surface area (Å²) in [5.41, 5.74) is 1.30. The highest BCUT2D eigenvalue weighted by Crippen LogP contribution is 2.31. The van der Waals surface area contributed by atoms with Gasteiger partial charge in [0.1, 0.15) is 0 Å². The second-order valence-corrected chi connectivity index (χ2v) is 7.57. The van der Waals surface area contributed by atoms with Crippen molar-refractivity contribution in [3.63, 3.8) is 0 Å². The van der Waals surface area contributed by atoms with Crippen molar-refractivity contribution in [3.8, 4) is 0 Å². The topological polar surface area (TPSA) is 72.7 Å². The van der Waals surface area contributed by atoms with Crippen LogP contribution in [0.25, 0.3) is 0 Å². The highest BCUT2D eigenvalue weighted by Gasteiger charge is 2.22. The molecule has 6 nitrogen and oxygen atoms in total. The smallest absolute Gasteiger partial charge is 0.230 e. The molecule has 0 radical (unpaired) electrons. The monoisotopic (exact) mass is 359 g/mol. The van der Waals surface area contributed by atoms with Crippen molar-refractivity contribution >= 4 is 17.7 Å². The van der Waals surface area contributed by atoms with Crippen LogP contribution in [0.15, 0.2) is 35.5 Å². The van der Waals surface area contributed by atoms with Gasteiger partial charge in [0.2, 0.25) is 11.1 Å². The molecule has 1 atom stereocenters. The van der Waals surface area contributed by atoms with E-state index in [-0.39, 0.29) is 11.9 Å². The van der Waals surface area contributed by atoms with E-state index in [4.69, 9.17) is 0 Å². The first-order valence-electron chi connectivity index (χ1n) is 8.96. The van der Waals surface area contributed by atoms with Gasteiger partial charge in [0, 0.05) is 6.04 Å². The van der Waals surface area contributed by atoms with E-state index in [9.17, 15) is 4.79 Å². The van der Waals surface area contributed by atoms with E-state index in [1.807, 2.05) is 29.8 Å². The fraction of sp³-hybridized carbons (Fsp3) is 0.556. The van der Waals surface area contributed by atoms with Gasteiger partial charge in [-0.15, -0.1) is 5.10 Å². The molecule has 1 fully saturated rings. The van der Waals surface area contributed by atoms with Crippen molar-refractivity contribution in [2.45, 2.75) is 62.7 Å². The number of aryl methyl sites for hydroxylation is 1. The summed E-state index contributed by atoms with van der Waals surface area (Å²) in [6.45, 7) is 2.05. The largest absolute Gasteiger partial charge is 0.353 e. The van der Waals surface area contributed by atoms with Gasteiger partial charge in [0.25, 0.3) is 0 Å². The molecule has 0 bridgehead atoms. The number of nitrogens with one attached hydrogen (secondary N) is 1. The fourth-order valence-electron chi connectivity index (χ4n) is 3.21. The third kappa shape index (κ3) is 5.29. The number of tetrazole rings is 1. The summed E-state index contributed by atoms with van der Waals surface area (Å²) in [6, 6.07) is 10.9. The Morgan fingerprint density at radius 3 is 2.84 bits per heavy atom. The minimum Gasteiger partial charge on any atom is -0.353 e. The zero-order chi connectivity index (χ0) is 17.5. The van der Waals surface area contributed by atoms with Gasteiger partial charge >= 0.3 is 0 Å². The molecule has 134 valence electrons. The van der Waals surface area contributed by atoms with Crippen LogP contribution in [0.1, 0.15) is 50.6 Å². The SMILES string of the molecule is CC(CCc1ccccc1)NC(=O)CSc1nnnn1C1CCCC1. The summed E-state index contributed by atoms with van der Waals surface area (Å²) in [4.78, 5) is 12.2. The van der Waals surface area contributed by atoms with Crippen LogP contribution in [-0.2, 0) is 11.2 Å². The number of rotatable bonds is 8. The number of thioether (sulfide) groups is 1. The molecule has 1 aromatic heterocycles. The summed E-state index contributed by atoms with van der Waals surface area (Å²) < 4.78 is 1.89. The second-order valence-electron chi connectivity index (χ2n) is 6.63. The number of aromatic nitrogens is 4. The van der Waals surface area contributed by atoms with Gasteiger partial charge in [-0.25, -0.2) is 4.68 Å². The highest BCUT2D eigenvalue weighted by atomic mass is 32.2. The summed E-state index contributed by atoms with van der Waals surface area (Å²) in [5.74, 6) is 0.384. The number of nitrogens with zero attached hydrogens (tertiary/aromatic N) is 4. The van der Waals surface area contributed by atoms with Gasteiger partial charge in [0.05, 0.1) is 11.8 Å². The third-order valence-electron chi connectivity index (χ3n) is 4.58. The fourth-order valence-corrected chi connectivity index (χ4v) is 3.96. The molecule has 25 heavy (non-hydrogen) atoms. The highest BCUT2D eigenvalue weighted by molar-refractivity contribution is 7.99. The lowest BCUT2D eigenvalue weighted by Crippen LogP contribution is -2.34. The number of benzene rings is 1. The van der Waals surface area contributed by atoms with Crippen molar-refractivity contribution in [2.75, 3.05) is 5.75 Å². The Balaban J connectivity index is 1.41. The van der Waals surface area contributed by atoms with Crippen molar-refractivity contribution < 1.29 is 4.79 Å². The molecular weight excluding hydrogens is 334 g/mol. The number of amides is 1. The molecule has 1 aliphatic carbocycles. The van der Waals surface area contributed by atoms with Crippen LogP contribution >= 0.6 is 11.8 Å². The summed E-state index contributed by atoms with van der Waals surface area (Å²) in [6.07, 6.45) is 6.61. The van der Waals surface area contributed by atoms with Crippen molar-refractivity contribution in [1.29, 1.82) is 0 Å². The Morgan fingerprint density at radius 1 is 1.32 bits per heavy atom. The molecule has 1 N–H and O–H groups in total. The Bertz CT molecular complexity index is 669. The van der Waals surface area contributed by atoms with Gasteiger partial charge in [-0.3, -0.25) is 4.79 Å². The lowest BCUT2D eigenvalue weighted by Gasteiger charge is -2.14. The predicted molar refractivity (Wildman–Crippen MR) is 98.4 cm³/mol. The number of hydrogen-bond donors (Lipinski definition) is 1. The second kappa shape index (κ2) is 8.99. The quantitative estimate of drug-likeness (QED) is 0.734. The van der Waals surface area contributed by atoms with Gasteiger partial charge in [0.15, 0.2) is 0 Å². The molecule has 1 aromatic carbocycles. The molecule has 0 saturated heterocycles. The summed E-state index contributed by atoms with van der Waals surface area (Å²) in [7, 11) is 0. The zero-order valence-electron chi connectivity index (χ0n) is 14.6. The number of carbonyl (C=O) groups excluding carboxylic acids is 1. The first-order valence-corrected chi connectivity index (χ1v) is 9.95. The minimum absolute atomic E-state index is 0.0338. The first-order chi connectivity index (χ1) is 12.2. The Kier molecular flexibility index (Phi) is 6.44. The Hall–Kier alpha value is -1.89. The molecule has 1 amide bonds. The Labute approximate surface area is 152 Å². The third-order valence-corrected chi connectivity index (χ3v) is 5.52. The zero-order valence-corrected chi connectivity index (χ0v) is 15.4. The van der Waals surface area contributed by atoms with E-state index in [1.54, 1.807) is 0 Å². The molecule has 1 heterocycles. The molecule has 7 heteroatoms. The van der Waals surface area contributed by atoms with E-state index in [1.165, 1.54) is 30.2 Å². The van der Waals surface area contributed by atoms with Gasteiger partial charge in [-0.2, -0.15) is 0 Å². The van der Waals surface area contributed by atoms with Crippen LogP contribution in [0.4, 0.5) is 0 Å². The normalized spacial score (nSPS) is 16.0. The molecule has 1 aliphatic rings. The van der Waals surface area contributed by atoms with Crippen LogP contribution in [0.5, 0.6) is 0 Å². The lowest BCUT2D eigenvalue weighted by molar-refractivity contribution is -0.119. The van der Waals surface area contributed by atoms with E-state index >= 15 is 0 Å². The van der Waals surface area contributed by atoms with E-state index < -0.39 is 0 Å².